The zero-order chi connectivity index (χ0) is 67.5. The van der Waals surface area contributed by atoms with E-state index in [-0.39, 0.29) is 38.6 Å². The minimum atomic E-state index is -1.63. The van der Waals surface area contributed by atoms with E-state index in [9.17, 15) is 19.5 Å². The van der Waals surface area contributed by atoms with E-state index in [1.165, 1.54) is 173 Å². The Hall–Kier alpha value is -4.57. The number of carboxylic acid groups (broad SMARTS) is 1. The molecule has 0 fully saturated rings. The molecule has 0 radical (unpaired) electrons. The van der Waals surface area contributed by atoms with Gasteiger partial charge in [0.05, 0.1) is 40.3 Å². The molecule has 0 amide bonds. The van der Waals surface area contributed by atoms with E-state index in [4.69, 9.17) is 18.9 Å². The number of hydrogen-bond donors (Lipinski definition) is 0. The van der Waals surface area contributed by atoms with Crippen LogP contribution in [-0.2, 0) is 33.3 Å². The molecule has 2 unspecified atom stereocenters. The topological polar surface area (TPSA) is 111 Å². The molecule has 0 N–H and O–H groups in total. The Labute approximate surface area is 573 Å². The van der Waals surface area contributed by atoms with Crippen LogP contribution in [0.1, 0.15) is 322 Å². The summed E-state index contributed by atoms with van der Waals surface area (Å²) in [5.74, 6) is -2.28. The van der Waals surface area contributed by atoms with Crippen LogP contribution in [0.2, 0.25) is 0 Å². The summed E-state index contributed by atoms with van der Waals surface area (Å²) >= 11 is 0. The van der Waals surface area contributed by atoms with Crippen LogP contribution in [0.25, 0.3) is 0 Å². The third-order valence-corrected chi connectivity index (χ3v) is 16.4. The number of nitrogens with zero attached hydrogens (tertiary/aromatic N) is 1. The Balaban J connectivity index is 4.03. The molecule has 9 heteroatoms. The Bertz CT molecular complexity index is 2000. The molecule has 532 valence electrons. The van der Waals surface area contributed by atoms with Crippen LogP contribution in [0, 0.1) is 0 Å². The summed E-state index contributed by atoms with van der Waals surface area (Å²) in [7, 11) is 5.93. The number of rotatable bonds is 70. The predicted molar refractivity (Wildman–Crippen MR) is 398 cm³/mol. The maximum Gasteiger partial charge on any atom is 0.306 e. The first-order valence-electron chi connectivity index (χ1n) is 38.3. The molecule has 0 spiro atoms. The summed E-state index contributed by atoms with van der Waals surface area (Å²) in [5.41, 5.74) is 0. The van der Waals surface area contributed by atoms with Gasteiger partial charge in [-0.05, 0) is 109 Å². The maximum absolute atomic E-state index is 13.0. The molecular weight excluding hydrogens is 1150 g/mol. The fraction of sp³-hybridized carbons (Fsp3) is 0.702. The molecule has 93 heavy (non-hydrogen) atoms. The van der Waals surface area contributed by atoms with Gasteiger partial charge in [-0.2, -0.15) is 0 Å². The summed E-state index contributed by atoms with van der Waals surface area (Å²) in [5, 5.41) is 11.8. The van der Waals surface area contributed by atoms with Gasteiger partial charge in [-0.1, -0.05) is 334 Å². The van der Waals surface area contributed by atoms with Crippen molar-refractivity contribution in [1.29, 1.82) is 0 Å². The summed E-state index contributed by atoms with van der Waals surface area (Å²) in [6.07, 6.45) is 103. The fourth-order valence-corrected chi connectivity index (χ4v) is 10.6. The van der Waals surface area contributed by atoms with Gasteiger partial charge in [0.15, 0.2) is 12.4 Å². The van der Waals surface area contributed by atoms with E-state index in [0.29, 0.717) is 17.4 Å². The largest absolute Gasteiger partial charge is 0.545 e. The van der Waals surface area contributed by atoms with Crippen LogP contribution in [0.4, 0.5) is 0 Å². The Morgan fingerprint density at radius 1 is 0.323 bits per heavy atom. The second-order valence-corrected chi connectivity index (χ2v) is 26.5. The Morgan fingerprint density at radius 3 is 0.860 bits per heavy atom. The highest BCUT2D eigenvalue weighted by molar-refractivity contribution is 5.70. The number of hydrogen-bond acceptors (Lipinski definition) is 8. The Morgan fingerprint density at radius 2 is 0.581 bits per heavy atom. The van der Waals surface area contributed by atoms with Crippen molar-refractivity contribution in [2.45, 2.75) is 334 Å². The molecule has 0 aliphatic heterocycles. The van der Waals surface area contributed by atoms with Crippen molar-refractivity contribution in [1.82, 2.24) is 0 Å². The number of aliphatic carboxylic acids is 1. The van der Waals surface area contributed by atoms with Gasteiger partial charge in [-0.15, -0.1) is 0 Å². The molecule has 0 aromatic carbocycles. The van der Waals surface area contributed by atoms with E-state index >= 15 is 0 Å². The average molecular weight is 1300 g/mol. The van der Waals surface area contributed by atoms with Crippen molar-refractivity contribution >= 4 is 17.9 Å². The van der Waals surface area contributed by atoms with Crippen molar-refractivity contribution in [3.05, 3.63) is 134 Å². The number of allylic oxidation sites excluding steroid dienone is 22. The van der Waals surface area contributed by atoms with E-state index in [1.807, 2.05) is 21.1 Å². The highest BCUT2D eigenvalue weighted by Crippen LogP contribution is 2.18. The van der Waals surface area contributed by atoms with Crippen LogP contribution < -0.4 is 5.11 Å². The molecule has 0 heterocycles. The number of quaternary nitrogens is 1. The number of unbranched alkanes of at least 4 members (excludes halogenated alkanes) is 33. The van der Waals surface area contributed by atoms with Gasteiger partial charge in [0.1, 0.15) is 13.2 Å². The van der Waals surface area contributed by atoms with E-state index in [2.05, 4.69) is 148 Å². The van der Waals surface area contributed by atoms with Gasteiger partial charge in [0, 0.05) is 12.8 Å². The quantitative estimate of drug-likeness (QED) is 0.0195. The number of carbonyl (C=O) groups is 3. The number of esters is 2. The van der Waals surface area contributed by atoms with Crippen molar-refractivity contribution < 1.29 is 42.9 Å². The standard InChI is InChI=1S/C84H143NO8/c1-6-8-10-12-14-16-18-20-22-24-26-28-30-32-34-36-37-38-39-40-41-42-43-44-45-47-48-50-52-54-56-58-60-62-64-66-68-70-72-74-81(86)91-78-80(79-92-84(83(88)89)90-77-76-85(3,4)5)93-82(87)75-73-71-69-67-65-63-61-59-57-55-53-51-49-46-35-33-31-29-27-25-23-21-19-17-15-13-11-9-7-2/h8-11,14-17,20-23,26-29,32-35,49,51,80,84H,6-7,12-13,18-19,24-25,30-31,36-48,50,52-79H2,1-5H3/b10-8-,11-9-,16-14-,17-15-,22-20-,23-21-,28-26-,29-27-,34-32-,35-33-,51-49-. The number of carboxylic acids is 1. The first-order valence-corrected chi connectivity index (χ1v) is 38.3. The summed E-state index contributed by atoms with van der Waals surface area (Å²) in [4.78, 5) is 37.6. The van der Waals surface area contributed by atoms with Gasteiger partial charge in [0.25, 0.3) is 0 Å². The van der Waals surface area contributed by atoms with Gasteiger partial charge >= 0.3 is 11.9 Å². The summed E-state index contributed by atoms with van der Waals surface area (Å²) in [6, 6.07) is 0. The second-order valence-electron chi connectivity index (χ2n) is 26.5. The first kappa shape index (κ1) is 88.4. The third-order valence-electron chi connectivity index (χ3n) is 16.4. The lowest BCUT2D eigenvalue weighted by atomic mass is 10.0. The third kappa shape index (κ3) is 74.7. The molecule has 0 aromatic rings. The Kier molecular flexibility index (Phi) is 69.6. The average Bonchev–Trinajstić information content (AvgIpc) is 3.74. The molecule has 0 aliphatic carbocycles. The van der Waals surface area contributed by atoms with Gasteiger partial charge in [-0.25, -0.2) is 0 Å². The van der Waals surface area contributed by atoms with E-state index in [0.717, 1.165) is 116 Å². The first-order chi connectivity index (χ1) is 45.6. The number of ether oxygens (including phenoxy) is 4. The monoisotopic (exact) mass is 1290 g/mol. The molecule has 0 bridgehead atoms. The fourth-order valence-electron chi connectivity index (χ4n) is 10.6. The van der Waals surface area contributed by atoms with Crippen LogP contribution in [0.5, 0.6) is 0 Å². The van der Waals surface area contributed by atoms with E-state index < -0.39 is 24.3 Å². The number of carbonyl (C=O) groups excluding carboxylic acids is 3. The molecule has 0 rings (SSSR count). The molecule has 0 saturated heterocycles. The molecular formula is C84H143NO8. The highest BCUT2D eigenvalue weighted by Gasteiger charge is 2.22. The van der Waals surface area contributed by atoms with Crippen LogP contribution in [0.3, 0.4) is 0 Å². The number of likely N-dealkylation sites (N-methyl/N-ethyl adjacent to an activating group) is 1. The molecule has 9 nitrogen and oxygen atoms in total. The van der Waals surface area contributed by atoms with Crippen LogP contribution >= 0.6 is 0 Å². The minimum Gasteiger partial charge on any atom is -0.545 e. The van der Waals surface area contributed by atoms with Crippen LogP contribution in [-0.4, -0.2) is 82.3 Å². The van der Waals surface area contributed by atoms with Crippen molar-refractivity contribution in [2.24, 2.45) is 0 Å². The molecule has 0 saturated carbocycles. The molecule has 0 aromatic heterocycles. The molecule has 0 aliphatic rings. The van der Waals surface area contributed by atoms with Gasteiger partial charge < -0.3 is 33.3 Å². The lowest BCUT2D eigenvalue weighted by Crippen LogP contribution is -2.44. The van der Waals surface area contributed by atoms with Gasteiger partial charge in [0.2, 0.25) is 0 Å². The highest BCUT2D eigenvalue weighted by atomic mass is 16.7. The van der Waals surface area contributed by atoms with Gasteiger partial charge in [-0.3, -0.25) is 9.59 Å². The van der Waals surface area contributed by atoms with Crippen molar-refractivity contribution in [3.63, 3.8) is 0 Å². The summed E-state index contributed by atoms with van der Waals surface area (Å²) in [6.45, 7) is 4.54. The smallest absolute Gasteiger partial charge is 0.306 e. The zero-order valence-corrected chi connectivity index (χ0v) is 60.8. The zero-order valence-electron chi connectivity index (χ0n) is 60.8. The van der Waals surface area contributed by atoms with Crippen LogP contribution in [0.15, 0.2) is 134 Å². The second kappa shape index (κ2) is 73.2. The minimum absolute atomic E-state index is 0.143. The lowest BCUT2D eigenvalue weighted by Gasteiger charge is -2.26. The maximum atomic E-state index is 13.0. The van der Waals surface area contributed by atoms with E-state index in [1.54, 1.807) is 0 Å². The van der Waals surface area contributed by atoms with Crippen molar-refractivity contribution in [3.8, 4) is 0 Å². The lowest BCUT2D eigenvalue weighted by molar-refractivity contribution is -0.870. The summed E-state index contributed by atoms with van der Waals surface area (Å²) < 4.78 is 22.8. The SMILES string of the molecule is CC/C=C\C/C=C\C/C=C\C/C=C\C/C=C\C/C=C\CCCCCCCCCCCCC(=O)OC(COC(=O)CCCCCCCCCCCCCCCCCCCCCCCCC/C=C\C/C=C\C/C=C\C/C=C\C/C=C\CC)COC(OCC[N+](C)(C)C)C(=O)[O-]. The van der Waals surface area contributed by atoms with Crippen molar-refractivity contribution in [2.75, 3.05) is 47.5 Å². The normalized spacial score (nSPS) is 13.4. The predicted octanol–water partition coefficient (Wildman–Crippen LogP) is 23.1. The molecule has 2 atom stereocenters.